The molecule has 0 unspecified atom stereocenters. The number of fused-ring (bicyclic) bond motifs is 1. The number of nitrogens with zero attached hydrogens (tertiary/aromatic N) is 2. The van der Waals surface area contributed by atoms with E-state index in [4.69, 9.17) is 4.74 Å². The van der Waals surface area contributed by atoms with Gasteiger partial charge >= 0.3 is 0 Å². The molecule has 0 atom stereocenters. The molecule has 0 saturated carbocycles. The van der Waals surface area contributed by atoms with Gasteiger partial charge in [-0.1, -0.05) is 18.2 Å². The number of amides is 1. The molecule has 0 spiro atoms. The first kappa shape index (κ1) is 13.5. The summed E-state index contributed by atoms with van der Waals surface area (Å²) < 4.78 is 18.6. The van der Waals surface area contributed by atoms with Crippen LogP contribution in [0.2, 0.25) is 0 Å². The van der Waals surface area contributed by atoms with Gasteiger partial charge in [0.15, 0.2) is 0 Å². The molecular formula is C16H15FN2O2. The molecule has 108 valence electrons. The molecular weight excluding hydrogens is 271 g/mol. The van der Waals surface area contributed by atoms with Crippen molar-refractivity contribution < 1.29 is 13.9 Å². The first-order valence-corrected chi connectivity index (χ1v) is 6.81. The second kappa shape index (κ2) is 5.52. The van der Waals surface area contributed by atoms with E-state index in [1.807, 2.05) is 18.2 Å². The van der Waals surface area contributed by atoms with Gasteiger partial charge in [-0.25, -0.2) is 4.98 Å². The third-order valence-corrected chi connectivity index (χ3v) is 3.58. The van der Waals surface area contributed by atoms with Crippen molar-refractivity contribution in [2.24, 2.45) is 0 Å². The van der Waals surface area contributed by atoms with E-state index in [2.05, 4.69) is 4.98 Å². The summed E-state index contributed by atoms with van der Waals surface area (Å²) in [6.45, 7) is 0.574. The van der Waals surface area contributed by atoms with E-state index in [0.717, 1.165) is 24.1 Å². The first-order chi connectivity index (χ1) is 10.2. The van der Waals surface area contributed by atoms with Crippen LogP contribution < -0.4 is 9.64 Å². The summed E-state index contributed by atoms with van der Waals surface area (Å²) >= 11 is 0. The Balaban J connectivity index is 2.04. The van der Waals surface area contributed by atoms with Crippen molar-refractivity contribution >= 4 is 11.6 Å². The normalized spacial score (nSPS) is 13.7. The number of pyridine rings is 1. The van der Waals surface area contributed by atoms with E-state index >= 15 is 0 Å². The lowest BCUT2D eigenvalue weighted by atomic mass is 10.0. The Morgan fingerprint density at radius 1 is 1.29 bits per heavy atom. The van der Waals surface area contributed by atoms with Crippen LogP contribution >= 0.6 is 0 Å². The summed E-state index contributed by atoms with van der Waals surface area (Å²) in [5, 5.41) is 0. The minimum Gasteiger partial charge on any atom is -0.495 e. The standard InChI is InChI=1S/C16H15FN2O2/c1-21-13-8-2-5-11-6-4-10-19(15(11)13)16(20)12-7-3-9-14(17)18-12/h2-3,5,7-9H,4,6,10H2,1H3. The van der Waals surface area contributed by atoms with Crippen LogP contribution in [0.1, 0.15) is 22.5 Å². The first-order valence-electron chi connectivity index (χ1n) is 6.81. The Labute approximate surface area is 122 Å². The maximum absolute atomic E-state index is 13.2. The Kier molecular flexibility index (Phi) is 3.56. The summed E-state index contributed by atoms with van der Waals surface area (Å²) in [5.41, 5.74) is 1.93. The highest BCUT2D eigenvalue weighted by atomic mass is 19.1. The van der Waals surface area contributed by atoms with Crippen LogP contribution in [0.25, 0.3) is 0 Å². The summed E-state index contributed by atoms with van der Waals surface area (Å²) in [6.07, 6.45) is 1.76. The zero-order valence-electron chi connectivity index (χ0n) is 11.7. The fourth-order valence-electron chi connectivity index (χ4n) is 2.65. The van der Waals surface area contributed by atoms with Crippen molar-refractivity contribution in [3.63, 3.8) is 0 Å². The zero-order valence-corrected chi connectivity index (χ0v) is 11.7. The van der Waals surface area contributed by atoms with Crippen LogP contribution in [0.5, 0.6) is 5.75 Å². The fraction of sp³-hybridized carbons (Fsp3) is 0.250. The highest BCUT2D eigenvalue weighted by molar-refractivity contribution is 6.06. The van der Waals surface area contributed by atoms with E-state index in [9.17, 15) is 9.18 Å². The highest BCUT2D eigenvalue weighted by Gasteiger charge is 2.27. The van der Waals surface area contributed by atoms with Crippen molar-refractivity contribution in [1.29, 1.82) is 0 Å². The van der Waals surface area contributed by atoms with Gasteiger partial charge in [-0.3, -0.25) is 4.79 Å². The van der Waals surface area contributed by atoms with Gasteiger partial charge in [0.05, 0.1) is 12.8 Å². The maximum Gasteiger partial charge on any atom is 0.277 e. The van der Waals surface area contributed by atoms with Gasteiger partial charge < -0.3 is 9.64 Å². The topological polar surface area (TPSA) is 42.4 Å². The van der Waals surface area contributed by atoms with Gasteiger partial charge in [0, 0.05) is 6.54 Å². The third kappa shape index (κ3) is 2.46. The van der Waals surface area contributed by atoms with E-state index < -0.39 is 5.95 Å². The molecule has 1 aliphatic rings. The van der Waals surface area contributed by atoms with Crippen molar-refractivity contribution in [1.82, 2.24) is 4.98 Å². The molecule has 0 bridgehead atoms. The smallest absolute Gasteiger partial charge is 0.277 e. The predicted octanol–water partition coefficient (Wildman–Crippen LogP) is 2.82. The van der Waals surface area contributed by atoms with Crippen molar-refractivity contribution in [3.8, 4) is 5.75 Å². The van der Waals surface area contributed by atoms with Crippen LogP contribution in [0.3, 0.4) is 0 Å². The summed E-state index contributed by atoms with van der Waals surface area (Å²) in [5.74, 6) is -0.310. The number of para-hydroxylation sites is 1. The number of aryl methyl sites for hydroxylation is 1. The second-order valence-electron chi connectivity index (χ2n) is 4.87. The molecule has 0 fully saturated rings. The molecule has 0 radical (unpaired) electrons. The van der Waals surface area contributed by atoms with Gasteiger partial charge in [0.25, 0.3) is 5.91 Å². The largest absolute Gasteiger partial charge is 0.495 e. The van der Waals surface area contributed by atoms with Crippen LogP contribution in [0.4, 0.5) is 10.1 Å². The molecule has 5 heteroatoms. The monoisotopic (exact) mass is 286 g/mol. The lowest BCUT2D eigenvalue weighted by molar-refractivity contribution is 0.0978. The molecule has 0 aliphatic carbocycles. The predicted molar refractivity (Wildman–Crippen MR) is 77.2 cm³/mol. The molecule has 3 rings (SSSR count). The number of methoxy groups -OCH3 is 1. The number of benzene rings is 1. The number of rotatable bonds is 2. The number of halogens is 1. The Bertz CT molecular complexity index is 673. The number of aromatic nitrogens is 1. The van der Waals surface area contributed by atoms with E-state index in [1.54, 1.807) is 12.0 Å². The van der Waals surface area contributed by atoms with Crippen LogP contribution in [-0.4, -0.2) is 24.5 Å². The average Bonchev–Trinajstić information content (AvgIpc) is 2.53. The molecule has 1 amide bonds. The number of anilines is 1. The quantitative estimate of drug-likeness (QED) is 0.797. The van der Waals surface area contributed by atoms with Gasteiger partial charge in [0.2, 0.25) is 5.95 Å². The van der Waals surface area contributed by atoms with E-state index in [-0.39, 0.29) is 11.6 Å². The molecule has 1 aromatic carbocycles. The fourth-order valence-corrected chi connectivity index (χ4v) is 2.65. The van der Waals surface area contributed by atoms with E-state index in [0.29, 0.717) is 12.3 Å². The third-order valence-electron chi connectivity index (χ3n) is 3.58. The molecule has 1 aromatic heterocycles. The van der Waals surface area contributed by atoms with Gasteiger partial charge in [-0.15, -0.1) is 0 Å². The van der Waals surface area contributed by atoms with Crippen molar-refractivity contribution in [2.75, 3.05) is 18.6 Å². The van der Waals surface area contributed by atoms with E-state index in [1.165, 1.54) is 18.2 Å². The molecule has 21 heavy (non-hydrogen) atoms. The van der Waals surface area contributed by atoms with Crippen LogP contribution in [-0.2, 0) is 6.42 Å². The molecule has 0 N–H and O–H groups in total. The SMILES string of the molecule is COc1cccc2c1N(C(=O)c1cccc(F)n1)CCC2. The minimum atomic E-state index is -0.655. The summed E-state index contributed by atoms with van der Waals surface area (Å²) in [7, 11) is 1.58. The number of carbonyl (C=O) groups excluding carboxylic acids is 1. The summed E-state index contributed by atoms with van der Waals surface area (Å²) in [4.78, 5) is 17.9. The number of ether oxygens (including phenoxy) is 1. The Morgan fingerprint density at radius 3 is 2.86 bits per heavy atom. The van der Waals surface area contributed by atoms with Crippen molar-refractivity contribution in [3.05, 3.63) is 53.6 Å². The Hall–Kier alpha value is -2.43. The number of hydrogen-bond acceptors (Lipinski definition) is 3. The molecule has 1 aliphatic heterocycles. The van der Waals surface area contributed by atoms with Crippen molar-refractivity contribution in [2.45, 2.75) is 12.8 Å². The highest BCUT2D eigenvalue weighted by Crippen LogP contribution is 2.36. The Morgan fingerprint density at radius 2 is 2.10 bits per heavy atom. The van der Waals surface area contributed by atoms with Crippen LogP contribution in [0, 0.1) is 5.95 Å². The minimum absolute atomic E-state index is 0.105. The molecule has 0 saturated heterocycles. The average molecular weight is 286 g/mol. The van der Waals surface area contributed by atoms with Gasteiger partial charge in [-0.2, -0.15) is 4.39 Å². The number of carbonyl (C=O) groups is 1. The van der Waals surface area contributed by atoms with Crippen LogP contribution in [0.15, 0.2) is 36.4 Å². The second-order valence-corrected chi connectivity index (χ2v) is 4.87. The summed E-state index contributed by atoms with van der Waals surface area (Å²) in [6, 6.07) is 9.95. The lowest BCUT2D eigenvalue weighted by Gasteiger charge is -2.30. The van der Waals surface area contributed by atoms with Gasteiger partial charge in [0.1, 0.15) is 11.4 Å². The maximum atomic E-state index is 13.2. The lowest BCUT2D eigenvalue weighted by Crippen LogP contribution is -2.36. The molecule has 2 heterocycles. The number of hydrogen-bond donors (Lipinski definition) is 0. The zero-order chi connectivity index (χ0) is 14.8. The molecule has 2 aromatic rings. The van der Waals surface area contributed by atoms with Gasteiger partial charge in [-0.05, 0) is 36.6 Å². The molecule has 4 nitrogen and oxygen atoms in total.